The summed E-state index contributed by atoms with van der Waals surface area (Å²) in [5.41, 5.74) is -4.69. The van der Waals surface area contributed by atoms with Crippen molar-refractivity contribution in [3.05, 3.63) is 71.4 Å². The smallest absolute Gasteiger partial charge is 0.351 e. The summed E-state index contributed by atoms with van der Waals surface area (Å²) in [5, 5.41) is 5.93. The number of aromatic nitrogens is 1. The van der Waals surface area contributed by atoms with Crippen molar-refractivity contribution in [2.75, 3.05) is 13.1 Å². The number of nitrogens with one attached hydrogen (secondary N) is 3. The Kier molecular flexibility index (Phi) is 8.02. The molecule has 1 aromatic heterocycles. The third kappa shape index (κ3) is 5.80. The van der Waals surface area contributed by atoms with Crippen LogP contribution in [0.2, 0.25) is 0 Å². The van der Waals surface area contributed by atoms with E-state index in [0.29, 0.717) is 25.8 Å². The van der Waals surface area contributed by atoms with Crippen molar-refractivity contribution in [1.82, 2.24) is 25.4 Å². The van der Waals surface area contributed by atoms with Gasteiger partial charge in [-0.3, -0.25) is 23.7 Å². The zero-order valence-corrected chi connectivity index (χ0v) is 25.8. The SMILES string of the molecule is CC(=O)N1CC[C@H]2CC[C@@H](C(=O)NC3(c4ccccc4)CC3)N2C(=O)[C@@H](NC(=O)c2cc3cc(C(F)(F)P(=O)(O)O)ccc3[nH]2)C1. The minimum atomic E-state index is -5.80. The lowest BCUT2D eigenvalue weighted by atomic mass is 10.0. The zero-order chi connectivity index (χ0) is 33.0. The highest BCUT2D eigenvalue weighted by atomic mass is 31.2. The van der Waals surface area contributed by atoms with E-state index < -0.39 is 48.3 Å². The first-order valence-electron chi connectivity index (χ1n) is 15.0. The molecule has 0 radical (unpaired) electrons. The molecule has 5 N–H and O–H groups in total. The normalized spacial score (nSPS) is 23.0. The molecule has 2 aromatic carbocycles. The molecule has 4 amide bonds. The first kappa shape index (κ1) is 31.8. The lowest BCUT2D eigenvalue weighted by Gasteiger charge is -2.38. The van der Waals surface area contributed by atoms with Gasteiger partial charge in [-0.05, 0) is 55.9 Å². The summed E-state index contributed by atoms with van der Waals surface area (Å²) in [4.78, 5) is 77.7. The summed E-state index contributed by atoms with van der Waals surface area (Å²) in [6, 6.07) is 11.5. The quantitative estimate of drug-likeness (QED) is 0.243. The van der Waals surface area contributed by atoms with Crippen LogP contribution in [0.15, 0.2) is 54.6 Å². The minimum absolute atomic E-state index is 0.0916. The lowest BCUT2D eigenvalue weighted by molar-refractivity contribution is -0.145. The third-order valence-electron chi connectivity index (χ3n) is 9.26. The number of amides is 4. The van der Waals surface area contributed by atoms with Gasteiger partial charge in [-0.15, -0.1) is 0 Å². The molecule has 1 aliphatic carbocycles. The predicted molar refractivity (Wildman–Crippen MR) is 162 cm³/mol. The molecule has 2 aliphatic heterocycles. The molecule has 3 heterocycles. The summed E-state index contributed by atoms with van der Waals surface area (Å²) < 4.78 is 40.0. The van der Waals surface area contributed by atoms with Crippen LogP contribution in [0.4, 0.5) is 8.78 Å². The highest BCUT2D eigenvalue weighted by Gasteiger charge is 2.51. The van der Waals surface area contributed by atoms with Crippen LogP contribution in [0.5, 0.6) is 0 Å². The first-order valence-corrected chi connectivity index (χ1v) is 16.6. The molecular formula is C31H34F2N5O7P. The van der Waals surface area contributed by atoms with Crippen molar-refractivity contribution in [2.24, 2.45) is 0 Å². The van der Waals surface area contributed by atoms with E-state index in [4.69, 9.17) is 9.79 Å². The summed E-state index contributed by atoms with van der Waals surface area (Å²) in [6.45, 7) is 1.56. The number of hydrogen-bond donors (Lipinski definition) is 5. The Hall–Kier alpha value is -4.13. The number of hydrogen-bond acceptors (Lipinski definition) is 5. The minimum Gasteiger partial charge on any atom is -0.351 e. The second-order valence-electron chi connectivity index (χ2n) is 12.3. The molecule has 46 heavy (non-hydrogen) atoms. The molecule has 244 valence electrons. The van der Waals surface area contributed by atoms with Crippen LogP contribution in [0.25, 0.3) is 10.9 Å². The van der Waals surface area contributed by atoms with E-state index in [9.17, 15) is 32.5 Å². The second kappa shape index (κ2) is 11.6. The number of benzene rings is 2. The summed E-state index contributed by atoms with van der Waals surface area (Å²) >= 11 is 0. The number of carbonyl (C=O) groups is 4. The van der Waals surface area contributed by atoms with Crippen LogP contribution < -0.4 is 10.6 Å². The van der Waals surface area contributed by atoms with Gasteiger partial charge in [0.1, 0.15) is 17.8 Å². The van der Waals surface area contributed by atoms with Crippen LogP contribution in [0.1, 0.15) is 60.6 Å². The van der Waals surface area contributed by atoms with Gasteiger partial charge in [0.25, 0.3) is 5.91 Å². The summed E-state index contributed by atoms with van der Waals surface area (Å²) in [5.74, 6) is -1.83. The maximum absolute atomic E-state index is 14.3. The van der Waals surface area contributed by atoms with Gasteiger partial charge in [0.2, 0.25) is 17.7 Å². The number of fused-ring (bicyclic) bond motifs is 2. The number of H-pyrrole nitrogens is 1. The maximum Gasteiger partial charge on any atom is 0.399 e. The Labute approximate surface area is 262 Å². The molecule has 3 fully saturated rings. The van der Waals surface area contributed by atoms with E-state index in [1.165, 1.54) is 24.0 Å². The molecule has 3 aliphatic rings. The highest BCUT2D eigenvalue weighted by Crippen LogP contribution is 2.59. The van der Waals surface area contributed by atoms with E-state index in [-0.39, 0.29) is 41.0 Å². The molecule has 3 atom stereocenters. The summed E-state index contributed by atoms with van der Waals surface area (Å²) in [6.07, 6.45) is 3.02. The Balaban J connectivity index is 1.24. The topological polar surface area (TPSA) is 172 Å². The maximum atomic E-state index is 14.3. The van der Waals surface area contributed by atoms with E-state index in [0.717, 1.165) is 30.5 Å². The number of carbonyl (C=O) groups excluding carboxylic acids is 4. The van der Waals surface area contributed by atoms with Crippen molar-refractivity contribution in [2.45, 2.75) is 68.4 Å². The van der Waals surface area contributed by atoms with E-state index >= 15 is 0 Å². The zero-order valence-electron chi connectivity index (χ0n) is 24.9. The molecule has 3 aromatic rings. The second-order valence-corrected chi connectivity index (χ2v) is 13.9. The van der Waals surface area contributed by atoms with Crippen LogP contribution >= 0.6 is 7.60 Å². The monoisotopic (exact) mass is 657 g/mol. The molecule has 12 nitrogen and oxygen atoms in total. The molecule has 0 spiro atoms. The van der Waals surface area contributed by atoms with Gasteiger partial charge in [-0.1, -0.05) is 36.4 Å². The third-order valence-corrected chi connectivity index (χ3v) is 10.3. The van der Waals surface area contributed by atoms with Crippen molar-refractivity contribution < 1.29 is 42.3 Å². The van der Waals surface area contributed by atoms with Gasteiger partial charge in [0, 0.05) is 42.5 Å². The Morgan fingerprint density at radius 3 is 2.41 bits per heavy atom. The van der Waals surface area contributed by atoms with E-state index in [2.05, 4.69) is 15.6 Å². The van der Waals surface area contributed by atoms with Gasteiger partial charge in [0.15, 0.2) is 0 Å². The number of halogens is 2. The van der Waals surface area contributed by atoms with Crippen molar-refractivity contribution in [3.8, 4) is 0 Å². The fourth-order valence-electron chi connectivity index (χ4n) is 6.56. The van der Waals surface area contributed by atoms with Crippen molar-refractivity contribution >= 4 is 42.1 Å². The molecule has 6 rings (SSSR count). The van der Waals surface area contributed by atoms with E-state index in [1.807, 2.05) is 30.3 Å². The van der Waals surface area contributed by atoms with E-state index in [1.54, 1.807) is 4.90 Å². The van der Waals surface area contributed by atoms with Crippen molar-refractivity contribution in [1.29, 1.82) is 0 Å². The molecule has 15 heteroatoms. The average molecular weight is 658 g/mol. The van der Waals surface area contributed by atoms with Gasteiger partial charge in [0.05, 0.1) is 5.54 Å². The average Bonchev–Trinajstić information content (AvgIpc) is 3.46. The van der Waals surface area contributed by atoms with Gasteiger partial charge in [-0.25, -0.2) is 0 Å². The molecule has 0 unspecified atom stereocenters. The molecule has 1 saturated carbocycles. The van der Waals surface area contributed by atoms with Crippen LogP contribution in [-0.2, 0) is 30.2 Å². The number of nitrogens with zero attached hydrogens (tertiary/aromatic N) is 2. The standard InChI is InChI=1S/C31H34F2N5O7P/c1-18(39)37-14-11-22-8-10-26(28(41)36-30(12-13-30)20-5-3-2-4-6-20)38(22)29(42)25(17-37)35-27(40)24-16-19-15-21(7-9-23(19)34-24)31(32,33)46(43,44)45/h2-7,9,15-16,22,25-26,34H,8,10-14,17H2,1H3,(H,35,40)(H,36,41)(H2,43,44,45)/t22-,25+,26+/m1/s1. The largest absolute Gasteiger partial charge is 0.399 e. The lowest BCUT2D eigenvalue weighted by Crippen LogP contribution is -2.61. The fourth-order valence-corrected chi connectivity index (χ4v) is 7.03. The highest BCUT2D eigenvalue weighted by molar-refractivity contribution is 7.52. The number of alkyl halides is 2. The Morgan fingerprint density at radius 1 is 1.04 bits per heavy atom. The Morgan fingerprint density at radius 2 is 1.76 bits per heavy atom. The predicted octanol–water partition coefficient (Wildman–Crippen LogP) is 2.91. The fraction of sp³-hybridized carbons (Fsp3) is 0.419. The molecular weight excluding hydrogens is 623 g/mol. The summed E-state index contributed by atoms with van der Waals surface area (Å²) in [7, 11) is -5.80. The van der Waals surface area contributed by atoms with Crippen molar-refractivity contribution in [3.63, 3.8) is 0 Å². The Bertz CT molecular complexity index is 1760. The first-order chi connectivity index (χ1) is 21.7. The molecule has 2 saturated heterocycles. The van der Waals surface area contributed by atoms with Crippen LogP contribution in [0, 0.1) is 0 Å². The van der Waals surface area contributed by atoms with Gasteiger partial charge < -0.3 is 35.2 Å². The number of aromatic amines is 1. The van der Waals surface area contributed by atoms with Gasteiger partial charge in [-0.2, -0.15) is 8.78 Å². The van der Waals surface area contributed by atoms with Gasteiger partial charge >= 0.3 is 13.3 Å². The number of rotatable bonds is 7. The molecule has 0 bridgehead atoms. The van der Waals surface area contributed by atoms with Crippen LogP contribution in [0.3, 0.4) is 0 Å². The van der Waals surface area contributed by atoms with Crippen LogP contribution in [-0.4, -0.2) is 79.4 Å².